The summed E-state index contributed by atoms with van der Waals surface area (Å²) in [7, 11) is -3.62. The van der Waals surface area contributed by atoms with Crippen LogP contribution in [0.4, 0.5) is 5.69 Å². The molecule has 0 spiro atoms. The van der Waals surface area contributed by atoms with Gasteiger partial charge >= 0.3 is 0 Å². The SMILES string of the molecule is CCC1CCCCN1C(=O)c1ccc(NS(=O)(=O)c2ccccc2)cc1. The molecule has 0 aliphatic carbocycles. The van der Waals surface area contributed by atoms with E-state index in [1.807, 2.05) is 4.90 Å². The number of hydrogen-bond acceptors (Lipinski definition) is 3. The summed E-state index contributed by atoms with van der Waals surface area (Å²) in [6.45, 7) is 2.90. The Kier molecular flexibility index (Phi) is 5.61. The lowest BCUT2D eigenvalue weighted by Gasteiger charge is -2.35. The third-order valence-electron chi connectivity index (χ3n) is 4.80. The van der Waals surface area contributed by atoms with Crippen LogP contribution in [0.1, 0.15) is 43.0 Å². The summed E-state index contributed by atoms with van der Waals surface area (Å²) in [6, 6.07) is 15.2. The second-order valence-corrected chi connectivity index (χ2v) is 8.23. The van der Waals surface area contributed by atoms with Crippen LogP contribution >= 0.6 is 0 Å². The molecule has 1 N–H and O–H groups in total. The van der Waals surface area contributed by atoms with E-state index in [4.69, 9.17) is 0 Å². The van der Waals surface area contributed by atoms with Crippen LogP contribution in [0.15, 0.2) is 59.5 Å². The number of nitrogens with one attached hydrogen (secondary N) is 1. The monoisotopic (exact) mass is 372 g/mol. The molecule has 1 atom stereocenters. The van der Waals surface area contributed by atoms with E-state index in [1.54, 1.807) is 54.6 Å². The van der Waals surface area contributed by atoms with Gasteiger partial charge in [0.1, 0.15) is 0 Å². The lowest BCUT2D eigenvalue weighted by molar-refractivity contribution is 0.0608. The number of carbonyl (C=O) groups excluding carboxylic acids is 1. The predicted molar refractivity (Wildman–Crippen MR) is 103 cm³/mol. The largest absolute Gasteiger partial charge is 0.336 e. The summed E-state index contributed by atoms with van der Waals surface area (Å²) in [6.07, 6.45) is 4.22. The summed E-state index contributed by atoms with van der Waals surface area (Å²) in [5, 5.41) is 0. The molecule has 138 valence electrons. The molecular weight excluding hydrogens is 348 g/mol. The highest BCUT2D eigenvalue weighted by Gasteiger charge is 2.26. The molecule has 1 unspecified atom stereocenters. The Morgan fingerprint density at radius 2 is 1.77 bits per heavy atom. The number of likely N-dealkylation sites (tertiary alicyclic amines) is 1. The molecule has 1 aliphatic rings. The first-order valence-corrected chi connectivity index (χ1v) is 10.5. The average Bonchev–Trinajstić information content (AvgIpc) is 2.68. The van der Waals surface area contributed by atoms with Crippen molar-refractivity contribution in [1.82, 2.24) is 4.90 Å². The summed E-state index contributed by atoms with van der Waals surface area (Å²) in [5.41, 5.74) is 1.03. The summed E-state index contributed by atoms with van der Waals surface area (Å²) >= 11 is 0. The van der Waals surface area contributed by atoms with E-state index >= 15 is 0 Å². The minimum Gasteiger partial charge on any atom is -0.336 e. The van der Waals surface area contributed by atoms with Gasteiger partial charge in [-0.2, -0.15) is 0 Å². The highest BCUT2D eigenvalue weighted by Crippen LogP contribution is 2.23. The quantitative estimate of drug-likeness (QED) is 0.866. The van der Waals surface area contributed by atoms with Crippen molar-refractivity contribution >= 4 is 21.6 Å². The van der Waals surface area contributed by atoms with Crippen molar-refractivity contribution in [2.24, 2.45) is 0 Å². The van der Waals surface area contributed by atoms with Crippen molar-refractivity contribution in [1.29, 1.82) is 0 Å². The van der Waals surface area contributed by atoms with Gasteiger partial charge in [0, 0.05) is 23.8 Å². The van der Waals surface area contributed by atoms with Crippen molar-refractivity contribution < 1.29 is 13.2 Å². The molecule has 6 heteroatoms. The van der Waals surface area contributed by atoms with Crippen LogP contribution in [-0.2, 0) is 10.0 Å². The number of amides is 1. The fourth-order valence-electron chi connectivity index (χ4n) is 3.35. The Morgan fingerprint density at radius 3 is 2.42 bits per heavy atom. The van der Waals surface area contributed by atoms with Gasteiger partial charge in [-0.05, 0) is 62.1 Å². The zero-order chi connectivity index (χ0) is 18.6. The molecule has 1 saturated heterocycles. The molecule has 0 bridgehead atoms. The van der Waals surface area contributed by atoms with Crippen LogP contribution < -0.4 is 4.72 Å². The lowest BCUT2D eigenvalue weighted by atomic mass is 9.99. The number of nitrogens with zero attached hydrogens (tertiary/aromatic N) is 1. The first kappa shape index (κ1) is 18.5. The van der Waals surface area contributed by atoms with Crippen LogP contribution in [0.3, 0.4) is 0 Å². The van der Waals surface area contributed by atoms with Gasteiger partial charge in [0.15, 0.2) is 0 Å². The molecule has 0 radical (unpaired) electrons. The maximum atomic E-state index is 12.8. The Labute approximate surface area is 155 Å². The fourth-order valence-corrected chi connectivity index (χ4v) is 4.43. The van der Waals surface area contributed by atoms with Crippen molar-refractivity contribution in [3.8, 4) is 0 Å². The number of sulfonamides is 1. The maximum Gasteiger partial charge on any atom is 0.261 e. The summed E-state index contributed by atoms with van der Waals surface area (Å²) in [4.78, 5) is 14.9. The summed E-state index contributed by atoms with van der Waals surface area (Å²) < 4.78 is 27.3. The minimum absolute atomic E-state index is 0.0222. The molecule has 1 heterocycles. The normalized spacial score (nSPS) is 17.7. The van der Waals surface area contributed by atoms with Gasteiger partial charge in [0.05, 0.1) is 4.90 Å². The standard InChI is InChI=1S/C20H24N2O3S/c1-2-18-8-6-7-15-22(18)20(23)16-11-13-17(14-12-16)21-26(24,25)19-9-4-3-5-10-19/h3-5,9-14,18,21H,2,6-8,15H2,1H3. The average molecular weight is 372 g/mol. The van der Waals surface area contributed by atoms with E-state index in [1.165, 1.54) is 6.42 Å². The topological polar surface area (TPSA) is 66.5 Å². The molecule has 0 saturated carbocycles. The van der Waals surface area contributed by atoms with Crippen molar-refractivity contribution in [3.05, 3.63) is 60.2 Å². The van der Waals surface area contributed by atoms with Crippen LogP contribution in [0.5, 0.6) is 0 Å². The Bertz CT molecular complexity index is 848. The van der Waals surface area contributed by atoms with E-state index in [9.17, 15) is 13.2 Å². The van der Waals surface area contributed by atoms with Gasteiger partial charge in [0.25, 0.3) is 15.9 Å². The summed E-state index contributed by atoms with van der Waals surface area (Å²) in [5.74, 6) is 0.0222. The number of anilines is 1. The van der Waals surface area contributed by atoms with Crippen molar-refractivity contribution in [2.75, 3.05) is 11.3 Å². The van der Waals surface area contributed by atoms with Crippen LogP contribution in [0.25, 0.3) is 0 Å². The second kappa shape index (κ2) is 7.91. The fraction of sp³-hybridized carbons (Fsp3) is 0.350. The van der Waals surface area contributed by atoms with Crippen molar-refractivity contribution in [3.63, 3.8) is 0 Å². The first-order valence-electron chi connectivity index (χ1n) is 9.00. The molecule has 2 aromatic carbocycles. The molecule has 1 aliphatic heterocycles. The van der Waals surface area contributed by atoms with Gasteiger partial charge in [0.2, 0.25) is 0 Å². The Morgan fingerprint density at radius 1 is 1.08 bits per heavy atom. The molecule has 1 fully saturated rings. The van der Waals surface area contributed by atoms with Crippen molar-refractivity contribution in [2.45, 2.75) is 43.5 Å². The van der Waals surface area contributed by atoms with E-state index in [2.05, 4.69) is 11.6 Å². The molecule has 5 nitrogen and oxygen atoms in total. The van der Waals surface area contributed by atoms with E-state index in [-0.39, 0.29) is 10.8 Å². The molecule has 3 rings (SSSR count). The number of benzene rings is 2. The zero-order valence-corrected chi connectivity index (χ0v) is 15.7. The van der Waals surface area contributed by atoms with Crippen LogP contribution in [0.2, 0.25) is 0 Å². The number of rotatable bonds is 5. The van der Waals surface area contributed by atoms with E-state index in [0.29, 0.717) is 17.3 Å². The highest BCUT2D eigenvalue weighted by molar-refractivity contribution is 7.92. The molecule has 26 heavy (non-hydrogen) atoms. The van der Waals surface area contributed by atoms with Gasteiger partial charge in [-0.25, -0.2) is 8.42 Å². The first-order chi connectivity index (χ1) is 12.5. The highest BCUT2D eigenvalue weighted by atomic mass is 32.2. The van der Waals surface area contributed by atoms with E-state index in [0.717, 1.165) is 25.8 Å². The third-order valence-corrected chi connectivity index (χ3v) is 6.19. The predicted octanol–water partition coefficient (Wildman–Crippen LogP) is 3.89. The molecule has 1 amide bonds. The van der Waals surface area contributed by atoms with Gasteiger partial charge in [-0.1, -0.05) is 25.1 Å². The van der Waals surface area contributed by atoms with Gasteiger partial charge in [-0.15, -0.1) is 0 Å². The van der Waals surface area contributed by atoms with Crippen LogP contribution in [-0.4, -0.2) is 31.8 Å². The maximum absolute atomic E-state index is 12.8. The Hall–Kier alpha value is -2.34. The van der Waals surface area contributed by atoms with Gasteiger partial charge < -0.3 is 4.90 Å². The zero-order valence-electron chi connectivity index (χ0n) is 14.9. The van der Waals surface area contributed by atoms with Gasteiger partial charge in [-0.3, -0.25) is 9.52 Å². The third kappa shape index (κ3) is 4.07. The number of hydrogen-bond donors (Lipinski definition) is 1. The number of piperidine rings is 1. The van der Waals surface area contributed by atoms with E-state index < -0.39 is 10.0 Å². The Balaban J connectivity index is 1.73. The molecule has 2 aromatic rings. The molecule has 0 aromatic heterocycles. The smallest absolute Gasteiger partial charge is 0.261 e. The number of carbonyl (C=O) groups is 1. The lowest BCUT2D eigenvalue weighted by Crippen LogP contribution is -2.43. The second-order valence-electron chi connectivity index (χ2n) is 6.55. The molecular formula is C20H24N2O3S. The van der Waals surface area contributed by atoms with Crippen LogP contribution in [0, 0.1) is 0 Å². The minimum atomic E-state index is -3.62.